The number of nitro groups is 1. The molecule has 2 N–H and O–H groups in total. The Kier molecular flexibility index (Phi) is 4.15. The molecule has 0 aromatic carbocycles. The van der Waals surface area contributed by atoms with Gasteiger partial charge in [-0.25, -0.2) is 0 Å². The van der Waals surface area contributed by atoms with E-state index in [0.29, 0.717) is 24.3 Å². The zero-order valence-electron chi connectivity index (χ0n) is 12.0. The van der Waals surface area contributed by atoms with E-state index in [1.165, 1.54) is 6.07 Å². The first-order chi connectivity index (χ1) is 9.30. The van der Waals surface area contributed by atoms with E-state index >= 15 is 0 Å². The molecule has 20 heavy (non-hydrogen) atoms. The van der Waals surface area contributed by atoms with Gasteiger partial charge in [-0.05, 0) is 37.2 Å². The van der Waals surface area contributed by atoms with Gasteiger partial charge in [0.15, 0.2) is 0 Å². The van der Waals surface area contributed by atoms with Crippen LogP contribution in [0.4, 0.5) is 5.88 Å². The molecule has 0 atom stereocenters. The number of hydrogen-bond donors (Lipinski definition) is 2. The zero-order chi connectivity index (χ0) is 14.8. The Morgan fingerprint density at radius 1 is 1.35 bits per heavy atom. The van der Waals surface area contributed by atoms with Crippen molar-refractivity contribution in [1.82, 2.24) is 5.32 Å². The summed E-state index contributed by atoms with van der Waals surface area (Å²) in [5, 5.41) is 24.1. The van der Waals surface area contributed by atoms with Crippen LogP contribution >= 0.6 is 0 Å². The van der Waals surface area contributed by atoms with Gasteiger partial charge < -0.3 is 14.8 Å². The third-order valence-electron chi connectivity index (χ3n) is 4.11. The van der Waals surface area contributed by atoms with Gasteiger partial charge in [0, 0.05) is 6.54 Å². The lowest BCUT2D eigenvalue weighted by atomic mass is 9.71. The van der Waals surface area contributed by atoms with E-state index < -0.39 is 10.5 Å². The second-order valence-corrected chi connectivity index (χ2v) is 6.49. The third kappa shape index (κ3) is 3.80. The van der Waals surface area contributed by atoms with Crippen LogP contribution in [0.2, 0.25) is 0 Å². The van der Waals surface area contributed by atoms with Crippen LogP contribution < -0.4 is 5.32 Å². The Labute approximate surface area is 118 Å². The van der Waals surface area contributed by atoms with Crippen molar-refractivity contribution in [2.45, 2.75) is 51.7 Å². The molecule has 1 fully saturated rings. The normalized spacial score (nSPS) is 20.8. The molecule has 112 valence electrons. The lowest BCUT2D eigenvalue weighted by Crippen LogP contribution is -2.44. The molecule has 0 amide bonds. The van der Waals surface area contributed by atoms with E-state index in [0.717, 1.165) is 25.7 Å². The van der Waals surface area contributed by atoms with Gasteiger partial charge in [-0.3, -0.25) is 10.1 Å². The largest absolute Gasteiger partial charge is 0.433 e. The highest BCUT2D eigenvalue weighted by atomic mass is 16.6. The van der Waals surface area contributed by atoms with Crippen LogP contribution in [0.1, 0.15) is 45.3 Å². The van der Waals surface area contributed by atoms with Crippen LogP contribution in [-0.2, 0) is 6.54 Å². The number of nitrogens with one attached hydrogen (secondary N) is 1. The summed E-state index contributed by atoms with van der Waals surface area (Å²) in [7, 11) is 0. The van der Waals surface area contributed by atoms with E-state index in [9.17, 15) is 15.2 Å². The molecule has 1 saturated carbocycles. The molecule has 2 rings (SSSR count). The van der Waals surface area contributed by atoms with Crippen LogP contribution in [0.15, 0.2) is 16.5 Å². The van der Waals surface area contributed by atoms with E-state index in [1.807, 2.05) is 0 Å². The number of nitrogens with zero attached hydrogens (tertiary/aromatic N) is 1. The fourth-order valence-electron chi connectivity index (χ4n) is 2.55. The van der Waals surface area contributed by atoms with Crippen LogP contribution in [0.5, 0.6) is 0 Å². The zero-order valence-corrected chi connectivity index (χ0v) is 12.0. The number of hydrogen-bond acceptors (Lipinski definition) is 5. The Morgan fingerprint density at radius 3 is 2.55 bits per heavy atom. The summed E-state index contributed by atoms with van der Waals surface area (Å²) in [6.07, 6.45) is 3.59. The van der Waals surface area contributed by atoms with Crippen molar-refractivity contribution >= 4 is 5.88 Å². The predicted octanol–water partition coefficient (Wildman–Crippen LogP) is 2.61. The first kappa shape index (κ1) is 15.0. The predicted molar refractivity (Wildman–Crippen MR) is 74.3 cm³/mol. The molecular weight excluding hydrogens is 260 g/mol. The van der Waals surface area contributed by atoms with Gasteiger partial charge in [-0.15, -0.1) is 0 Å². The molecule has 6 heteroatoms. The van der Waals surface area contributed by atoms with Crippen molar-refractivity contribution < 1.29 is 14.4 Å². The van der Waals surface area contributed by atoms with E-state index in [-0.39, 0.29) is 5.88 Å². The topological polar surface area (TPSA) is 88.5 Å². The van der Waals surface area contributed by atoms with Crippen molar-refractivity contribution in [3.05, 3.63) is 28.0 Å². The molecule has 0 spiro atoms. The van der Waals surface area contributed by atoms with Gasteiger partial charge in [0.05, 0.1) is 18.2 Å². The van der Waals surface area contributed by atoms with Crippen LogP contribution in [0, 0.1) is 15.5 Å². The lowest BCUT2D eigenvalue weighted by molar-refractivity contribution is -0.402. The maximum Gasteiger partial charge on any atom is 0.433 e. The average molecular weight is 282 g/mol. The molecular formula is C14H22N2O4. The Morgan fingerprint density at radius 2 is 2.00 bits per heavy atom. The van der Waals surface area contributed by atoms with Crippen LogP contribution in [-0.4, -0.2) is 22.2 Å². The fourth-order valence-corrected chi connectivity index (χ4v) is 2.55. The average Bonchev–Trinajstić information content (AvgIpc) is 2.83. The van der Waals surface area contributed by atoms with Gasteiger partial charge in [0.1, 0.15) is 10.7 Å². The Balaban J connectivity index is 1.79. The minimum atomic E-state index is -0.673. The fraction of sp³-hybridized carbons (Fsp3) is 0.714. The van der Waals surface area contributed by atoms with Crippen molar-refractivity contribution in [3.63, 3.8) is 0 Å². The summed E-state index contributed by atoms with van der Waals surface area (Å²) in [6, 6.07) is 2.92. The highest BCUT2D eigenvalue weighted by molar-refractivity contribution is 5.17. The van der Waals surface area contributed by atoms with Crippen molar-refractivity contribution in [3.8, 4) is 0 Å². The second-order valence-electron chi connectivity index (χ2n) is 6.49. The van der Waals surface area contributed by atoms with Crippen LogP contribution in [0.25, 0.3) is 0 Å². The molecule has 1 aromatic heterocycles. The monoisotopic (exact) mass is 282 g/mol. The van der Waals surface area contributed by atoms with Crippen molar-refractivity contribution in [1.29, 1.82) is 0 Å². The van der Waals surface area contributed by atoms with Gasteiger partial charge in [-0.1, -0.05) is 13.8 Å². The maximum absolute atomic E-state index is 10.5. The SMILES string of the molecule is CC1(C)CCC(O)(CNCc2ccc([N+](=O)[O-])o2)CC1. The molecule has 0 aliphatic heterocycles. The number of aliphatic hydroxyl groups is 1. The molecule has 0 radical (unpaired) electrons. The Bertz CT molecular complexity index is 471. The Hall–Kier alpha value is -1.40. The van der Waals surface area contributed by atoms with E-state index in [1.54, 1.807) is 6.07 Å². The molecule has 1 aliphatic carbocycles. The first-order valence-corrected chi connectivity index (χ1v) is 6.96. The highest BCUT2D eigenvalue weighted by Gasteiger charge is 2.36. The highest BCUT2D eigenvalue weighted by Crippen LogP contribution is 2.39. The quantitative estimate of drug-likeness (QED) is 0.640. The maximum atomic E-state index is 10.5. The summed E-state index contributed by atoms with van der Waals surface area (Å²) < 4.78 is 5.06. The molecule has 1 heterocycles. The summed E-state index contributed by atoms with van der Waals surface area (Å²) in [5.74, 6) is 0.261. The first-order valence-electron chi connectivity index (χ1n) is 6.96. The molecule has 6 nitrogen and oxygen atoms in total. The standard InChI is InChI=1S/C14H22N2O4/c1-13(2)5-7-14(17,8-6-13)10-15-9-11-3-4-12(20-11)16(18)19/h3-4,15,17H,5-10H2,1-2H3. The summed E-state index contributed by atoms with van der Waals surface area (Å²) in [4.78, 5) is 9.94. The summed E-state index contributed by atoms with van der Waals surface area (Å²) >= 11 is 0. The summed E-state index contributed by atoms with van der Waals surface area (Å²) in [6.45, 7) is 5.32. The van der Waals surface area contributed by atoms with Gasteiger partial charge in [0.25, 0.3) is 0 Å². The molecule has 0 unspecified atom stereocenters. The molecule has 0 bridgehead atoms. The minimum absolute atomic E-state index is 0.250. The number of rotatable bonds is 5. The second kappa shape index (κ2) is 5.54. The van der Waals surface area contributed by atoms with Crippen molar-refractivity contribution in [2.75, 3.05) is 6.54 Å². The van der Waals surface area contributed by atoms with Gasteiger partial charge >= 0.3 is 5.88 Å². The van der Waals surface area contributed by atoms with Gasteiger partial charge in [0.2, 0.25) is 0 Å². The lowest BCUT2D eigenvalue weighted by Gasteiger charge is -2.40. The van der Waals surface area contributed by atoms with Crippen molar-refractivity contribution in [2.24, 2.45) is 5.41 Å². The van der Waals surface area contributed by atoms with Crippen LogP contribution in [0.3, 0.4) is 0 Å². The van der Waals surface area contributed by atoms with E-state index in [2.05, 4.69) is 19.2 Å². The minimum Gasteiger partial charge on any atom is -0.404 e. The molecule has 0 saturated heterocycles. The van der Waals surface area contributed by atoms with E-state index in [4.69, 9.17) is 4.42 Å². The smallest absolute Gasteiger partial charge is 0.404 e. The molecule has 1 aromatic rings. The third-order valence-corrected chi connectivity index (χ3v) is 4.11. The number of furan rings is 1. The molecule has 1 aliphatic rings. The van der Waals surface area contributed by atoms with Gasteiger partial charge in [-0.2, -0.15) is 0 Å². The summed E-state index contributed by atoms with van der Waals surface area (Å²) in [5.41, 5.74) is -0.359.